The third-order valence-electron chi connectivity index (χ3n) is 2.83. The first-order valence-corrected chi connectivity index (χ1v) is 6.02. The molecule has 1 atom stereocenters. The van der Waals surface area contributed by atoms with Gasteiger partial charge in [-0.25, -0.2) is 0 Å². The summed E-state index contributed by atoms with van der Waals surface area (Å²) in [4.78, 5) is 0. The number of halogens is 1. The summed E-state index contributed by atoms with van der Waals surface area (Å²) in [6.07, 6.45) is 6.87. The smallest absolute Gasteiger partial charge is 0.0251 e. The molecule has 0 fully saturated rings. The summed E-state index contributed by atoms with van der Waals surface area (Å²) in [5.74, 6) is 0.566. The topological polar surface area (TPSA) is 0 Å². The molecule has 0 bridgehead atoms. The standard InChI is InChI=1S/C13H15Br/c1-3-4-11-8-7-10-6-5-9(2)12(10)13(11)14/h5-9H,3-4H2,1-2H3. The van der Waals surface area contributed by atoms with Crippen LogP contribution in [-0.4, -0.2) is 0 Å². The van der Waals surface area contributed by atoms with Crippen LogP contribution in [0, 0.1) is 0 Å². The minimum absolute atomic E-state index is 0.566. The minimum Gasteiger partial charge on any atom is -0.0766 e. The molecule has 14 heavy (non-hydrogen) atoms. The fourth-order valence-electron chi connectivity index (χ4n) is 2.07. The van der Waals surface area contributed by atoms with Gasteiger partial charge in [0.15, 0.2) is 0 Å². The molecular formula is C13H15Br. The van der Waals surface area contributed by atoms with Crippen molar-refractivity contribution >= 4 is 22.0 Å². The van der Waals surface area contributed by atoms with E-state index >= 15 is 0 Å². The lowest BCUT2D eigenvalue weighted by atomic mass is 9.98. The third kappa shape index (κ3) is 1.54. The quantitative estimate of drug-likeness (QED) is 0.724. The molecule has 0 aliphatic heterocycles. The van der Waals surface area contributed by atoms with Gasteiger partial charge in [-0.2, -0.15) is 0 Å². The van der Waals surface area contributed by atoms with Crippen molar-refractivity contribution in [1.82, 2.24) is 0 Å². The van der Waals surface area contributed by atoms with Gasteiger partial charge in [0, 0.05) is 10.4 Å². The summed E-state index contributed by atoms with van der Waals surface area (Å²) >= 11 is 3.73. The van der Waals surface area contributed by atoms with E-state index < -0.39 is 0 Å². The largest absolute Gasteiger partial charge is 0.0766 e. The highest BCUT2D eigenvalue weighted by Crippen LogP contribution is 2.37. The molecule has 1 unspecified atom stereocenters. The fraction of sp³-hybridized carbons (Fsp3) is 0.385. The molecule has 74 valence electrons. The maximum absolute atomic E-state index is 3.73. The first kappa shape index (κ1) is 9.97. The summed E-state index contributed by atoms with van der Waals surface area (Å²) in [5, 5.41) is 0. The van der Waals surface area contributed by atoms with Crippen LogP contribution in [-0.2, 0) is 6.42 Å². The first-order valence-electron chi connectivity index (χ1n) is 5.23. The van der Waals surface area contributed by atoms with Gasteiger partial charge in [-0.15, -0.1) is 0 Å². The van der Waals surface area contributed by atoms with E-state index in [-0.39, 0.29) is 0 Å². The summed E-state index contributed by atoms with van der Waals surface area (Å²) in [5.41, 5.74) is 4.29. The van der Waals surface area contributed by atoms with Gasteiger partial charge in [0.25, 0.3) is 0 Å². The van der Waals surface area contributed by atoms with Crippen molar-refractivity contribution in [3.05, 3.63) is 39.4 Å². The van der Waals surface area contributed by atoms with E-state index in [2.05, 4.69) is 54.1 Å². The summed E-state index contributed by atoms with van der Waals surface area (Å²) in [7, 11) is 0. The molecule has 1 heteroatoms. The highest BCUT2D eigenvalue weighted by Gasteiger charge is 2.17. The maximum Gasteiger partial charge on any atom is 0.0251 e. The second-order valence-electron chi connectivity index (χ2n) is 3.94. The van der Waals surface area contributed by atoms with Gasteiger partial charge in [0.2, 0.25) is 0 Å². The number of fused-ring (bicyclic) bond motifs is 1. The number of benzene rings is 1. The number of hydrogen-bond donors (Lipinski definition) is 0. The van der Waals surface area contributed by atoms with Crippen LogP contribution in [0.4, 0.5) is 0 Å². The Labute approximate surface area is 94.2 Å². The van der Waals surface area contributed by atoms with E-state index in [1.54, 1.807) is 0 Å². The van der Waals surface area contributed by atoms with E-state index in [9.17, 15) is 0 Å². The lowest BCUT2D eigenvalue weighted by Crippen LogP contribution is -1.94. The Bertz CT molecular complexity index is 377. The van der Waals surface area contributed by atoms with Crippen molar-refractivity contribution in [2.45, 2.75) is 32.6 Å². The van der Waals surface area contributed by atoms with Crippen LogP contribution < -0.4 is 0 Å². The summed E-state index contributed by atoms with van der Waals surface area (Å²) in [6.45, 7) is 4.48. The van der Waals surface area contributed by atoms with Crippen molar-refractivity contribution in [1.29, 1.82) is 0 Å². The van der Waals surface area contributed by atoms with Gasteiger partial charge in [-0.05, 0) is 23.1 Å². The molecule has 1 aliphatic carbocycles. The van der Waals surface area contributed by atoms with Gasteiger partial charge < -0.3 is 0 Å². The van der Waals surface area contributed by atoms with Gasteiger partial charge in [-0.1, -0.05) is 60.5 Å². The molecular weight excluding hydrogens is 236 g/mol. The first-order chi connectivity index (χ1) is 6.74. The van der Waals surface area contributed by atoms with Crippen LogP contribution in [0.2, 0.25) is 0 Å². The van der Waals surface area contributed by atoms with Gasteiger partial charge >= 0.3 is 0 Å². The molecule has 0 heterocycles. The molecule has 0 N–H and O–H groups in total. The molecule has 0 radical (unpaired) electrons. The molecule has 0 amide bonds. The fourth-order valence-corrected chi connectivity index (χ4v) is 2.99. The second-order valence-corrected chi connectivity index (χ2v) is 4.73. The Morgan fingerprint density at radius 1 is 1.36 bits per heavy atom. The molecule has 0 aromatic heterocycles. The molecule has 0 saturated carbocycles. The molecule has 2 rings (SSSR count). The van der Waals surface area contributed by atoms with Gasteiger partial charge in [-0.3, -0.25) is 0 Å². The Hall–Kier alpha value is -0.560. The number of hydrogen-bond acceptors (Lipinski definition) is 0. The molecule has 0 nitrogen and oxygen atoms in total. The lowest BCUT2D eigenvalue weighted by Gasteiger charge is -2.12. The Kier molecular flexibility index (Phi) is 2.78. The van der Waals surface area contributed by atoms with E-state index in [4.69, 9.17) is 0 Å². The van der Waals surface area contributed by atoms with Gasteiger partial charge in [0.1, 0.15) is 0 Å². The molecule has 0 spiro atoms. The van der Waals surface area contributed by atoms with Crippen LogP contribution in [0.1, 0.15) is 42.9 Å². The average Bonchev–Trinajstić information content (AvgIpc) is 2.54. The van der Waals surface area contributed by atoms with E-state index in [1.807, 2.05) is 0 Å². The van der Waals surface area contributed by atoms with Crippen molar-refractivity contribution in [2.75, 3.05) is 0 Å². The van der Waals surface area contributed by atoms with Crippen LogP contribution in [0.3, 0.4) is 0 Å². The predicted octanol–water partition coefficient (Wildman–Crippen LogP) is 4.53. The van der Waals surface area contributed by atoms with Crippen LogP contribution in [0.15, 0.2) is 22.7 Å². The predicted molar refractivity (Wildman–Crippen MR) is 65.6 cm³/mol. The summed E-state index contributed by atoms with van der Waals surface area (Å²) in [6, 6.07) is 4.49. The molecule has 1 aromatic carbocycles. The molecule has 0 saturated heterocycles. The zero-order valence-corrected chi connectivity index (χ0v) is 10.3. The Morgan fingerprint density at radius 2 is 2.14 bits per heavy atom. The van der Waals surface area contributed by atoms with Crippen molar-refractivity contribution in [3.8, 4) is 0 Å². The molecule has 1 aliphatic rings. The van der Waals surface area contributed by atoms with Gasteiger partial charge in [0.05, 0.1) is 0 Å². The highest BCUT2D eigenvalue weighted by molar-refractivity contribution is 9.10. The van der Waals surface area contributed by atoms with Crippen LogP contribution >= 0.6 is 15.9 Å². The molecule has 1 aromatic rings. The van der Waals surface area contributed by atoms with Crippen molar-refractivity contribution in [2.24, 2.45) is 0 Å². The third-order valence-corrected chi connectivity index (χ3v) is 3.77. The van der Waals surface area contributed by atoms with Crippen LogP contribution in [0.5, 0.6) is 0 Å². The van der Waals surface area contributed by atoms with Crippen molar-refractivity contribution in [3.63, 3.8) is 0 Å². The SMILES string of the molecule is CCCc1ccc2c(c1Br)C(C)C=C2. The Morgan fingerprint density at radius 3 is 2.86 bits per heavy atom. The highest BCUT2D eigenvalue weighted by atomic mass is 79.9. The second kappa shape index (κ2) is 3.90. The number of rotatable bonds is 2. The monoisotopic (exact) mass is 250 g/mol. The average molecular weight is 251 g/mol. The number of allylic oxidation sites excluding steroid dienone is 1. The normalized spacial score (nSPS) is 18.6. The van der Waals surface area contributed by atoms with E-state index in [0.717, 1.165) is 0 Å². The van der Waals surface area contributed by atoms with E-state index in [1.165, 1.54) is 34.0 Å². The zero-order valence-electron chi connectivity index (χ0n) is 8.68. The number of aryl methyl sites for hydroxylation is 1. The van der Waals surface area contributed by atoms with Crippen molar-refractivity contribution < 1.29 is 0 Å². The van der Waals surface area contributed by atoms with Crippen LogP contribution in [0.25, 0.3) is 6.08 Å². The summed E-state index contributed by atoms with van der Waals surface area (Å²) < 4.78 is 1.33. The maximum atomic E-state index is 3.73. The minimum atomic E-state index is 0.566. The Balaban J connectivity index is 2.47. The van der Waals surface area contributed by atoms with E-state index in [0.29, 0.717) is 5.92 Å². The lowest BCUT2D eigenvalue weighted by molar-refractivity contribution is 0.901. The zero-order chi connectivity index (χ0) is 10.1.